The van der Waals surface area contributed by atoms with Crippen LogP contribution in [-0.2, 0) is 4.74 Å². The van der Waals surface area contributed by atoms with Gasteiger partial charge in [0.15, 0.2) is 0 Å². The molecule has 0 bridgehead atoms. The first kappa shape index (κ1) is 16.5. The fraction of sp³-hybridized carbons (Fsp3) is 0.529. The average Bonchev–Trinajstić information content (AvgIpc) is 2.98. The van der Waals surface area contributed by atoms with Crippen molar-refractivity contribution in [1.82, 2.24) is 0 Å². The van der Waals surface area contributed by atoms with Crippen LogP contribution in [0.5, 0.6) is 0 Å². The molecule has 24 heavy (non-hydrogen) atoms. The third-order valence-electron chi connectivity index (χ3n) is 4.63. The molecule has 6 nitrogen and oxygen atoms in total. The van der Waals surface area contributed by atoms with Gasteiger partial charge in [0, 0.05) is 36.8 Å². The lowest BCUT2D eigenvalue weighted by atomic mass is 9.92. The minimum atomic E-state index is -1.00. The predicted octanol–water partition coefficient (Wildman–Crippen LogP) is 2.08. The van der Waals surface area contributed by atoms with E-state index >= 15 is 0 Å². The summed E-state index contributed by atoms with van der Waals surface area (Å²) in [5.41, 5.74) is 1.58. The number of carbonyl (C=O) groups excluding carboxylic acids is 1. The second-order valence-corrected chi connectivity index (χ2v) is 6.19. The van der Waals surface area contributed by atoms with Crippen LogP contribution >= 0.6 is 0 Å². The molecule has 3 rings (SSSR count). The third-order valence-corrected chi connectivity index (χ3v) is 4.63. The van der Waals surface area contributed by atoms with Gasteiger partial charge in [0.25, 0.3) is 0 Å². The van der Waals surface area contributed by atoms with Crippen molar-refractivity contribution in [3.05, 3.63) is 24.3 Å². The summed E-state index contributed by atoms with van der Waals surface area (Å²) >= 11 is 0. The van der Waals surface area contributed by atoms with E-state index in [4.69, 9.17) is 15.1 Å². The Morgan fingerprint density at radius 3 is 2.58 bits per heavy atom. The summed E-state index contributed by atoms with van der Waals surface area (Å²) in [7, 11) is 0. The summed E-state index contributed by atoms with van der Waals surface area (Å²) in [5.74, 6) is -0.180. The molecule has 1 N–H and O–H groups in total. The van der Waals surface area contributed by atoms with Gasteiger partial charge in [-0.05, 0) is 30.7 Å². The minimum absolute atomic E-state index is 0.180. The fourth-order valence-electron chi connectivity index (χ4n) is 3.21. The van der Waals surface area contributed by atoms with Crippen LogP contribution in [0.1, 0.15) is 12.8 Å². The van der Waals surface area contributed by atoms with Crippen molar-refractivity contribution < 1.29 is 19.0 Å². The van der Waals surface area contributed by atoms with Gasteiger partial charge in [-0.15, -0.1) is 0 Å². The van der Waals surface area contributed by atoms with Crippen LogP contribution in [0.15, 0.2) is 24.3 Å². The summed E-state index contributed by atoms with van der Waals surface area (Å²) in [6.45, 7) is 1.12. The van der Waals surface area contributed by atoms with Crippen molar-refractivity contribution in [1.29, 1.82) is 5.26 Å². The molecular formula is C17H20FN3O3. The molecule has 7 heteroatoms. The van der Waals surface area contributed by atoms with E-state index < -0.39 is 18.4 Å². The zero-order valence-corrected chi connectivity index (χ0v) is 13.3. The number of benzene rings is 1. The highest BCUT2D eigenvalue weighted by atomic mass is 19.1. The van der Waals surface area contributed by atoms with Gasteiger partial charge in [-0.2, -0.15) is 5.26 Å². The zero-order valence-electron chi connectivity index (χ0n) is 13.3. The Kier molecular flexibility index (Phi) is 4.86. The number of aliphatic hydroxyl groups excluding tert-OH is 1. The van der Waals surface area contributed by atoms with Crippen molar-refractivity contribution >= 4 is 17.5 Å². The maximum atomic E-state index is 14.1. The lowest BCUT2D eigenvalue weighted by molar-refractivity contribution is 0.0963. The number of cyclic esters (lactones) is 1. The van der Waals surface area contributed by atoms with Crippen LogP contribution in [-0.4, -0.2) is 49.7 Å². The standard InChI is InChI=1S/C17H20FN3O3/c18-16-10-20(8-6-12(16)5-7-19)13-1-3-14(4-2-13)21-9-15(11-22)24-17(21)23/h1-4,12,15-16,22H,5-6,8-11H2/t12?,15?,16-/m0/s1. The van der Waals surface area contributed by atoms with Crippen LogP contribution in [0.4, 0.5) is 20.6 Å². The van der Waals surface area contributed by atoms with Gasteiger partial charge in [-0.3, -0.25) is 4.90 Å². The van der Waals surface area contributed by atoms with Crippen LogP contribution in [0.2, 0.25) is 0 Å². The molecular weight excluding hydrogens is 313 g/mol. The summed E-state index contributed by atoms with van der Waals surface area (Å²) in [6, 6.07) is 9.35. The number of alkyl halides is 1. The van der Waals surface area contributed by atoms with E-state index in [1.807, 2.05) is 23.1 Å². The smallest absolute Gasteiger partial charge is 0.414 e. The average molecular weight is 333 g/mol. The summed E-state index contributed by atoms with van der Waals surface area (Å²) in [5, 5.41) is 17.8. The fourth-order valence-corrected chi connectivity index (χ4v) is 3.21. The van der Waals surface area contributed by atoms with Gasteiger partial charge in [-0.1, -0.05) is 0 Å². The van der Waals surface area contributed by atoms with Crippen molar-refractivity contribution in [3.8, 4) is 6.07 Å². The van der Waals surface area contributed by atoms with Crippen molar-refractivity contribution in [2.75, 3.05) is 36.0 Å². The molecule has 2 aliphatic heterocycles. The molecule has 2 aliphatic rings. The summed E-state index contributed by atoms with van der Waals surface area (Å²) < 4.78 is 19.2. The molecule has 1 amide bonds. The largest absolute Gasteiger partial charge is 0.441 e. The highest BCUT2D eigenvalue weighted by molar-refractivity contribution is 5.90. The molecule has 0 saturated carbocycles. The molecule has 0 spiro atoms. The van der Waals surface area contributed by atoms with Crippen LogP contribution in [0, 0.1) is 17.2 Å². The van der Waals surface area contributed by atoms with E-state index in [2.05, 4.69) is 0 Å². The van der Waals surface area contributed by atoms with Crippen molar-refractivity contribution in [3.63, 3.8) is 0 Å². The number of nitrogens with zero attached hydrogens (tertiary/aromatic N) is 3. The molecule has 1 aromatic rings. The third kappa shape index (κ3) is 3.29. The Labute approximate surface area is 140 Å². The van der Waals surface area contributed by atoms with Gasteiger partial charge in [0.05, 0.1) is 19.2 Å². The lowest BCUT2D eigenvalue weighted by Gasteiger charge is -2.35. The number of hydrogen-bond acceptors (Lipinski definition) is 5. The van der Waals surface area contributed by atoms with Gasteiger partial charge in [-0.25, -0.2) is 9.18 Å². The molecule has 0 aliphatic carbocycles. The number of anilines is 2. The number of ether oxygens (including phenoxy) is 1. The molecule has 3 atom stereocenters. The summed E-state index contributed by atoms with van der Waals surface area (Å²) in [4.78, 5) is 15.2. The van der Waals surface area contributed by atoms with Crippen LogP contribution in [0.25, 0.3) is 0 Å². The highest BCUT2D eigenvalue weighted by Gasteiger charge is 2.32. The van der Waals surface area contributed by atoms with E-state index in [0.717, 1.165) is 5.69 Å². The van der Waals surface area contributed by atoms with Crippen molar-refractivity contribution in [2.45, 2.75) is 25.1 Å². The topological polar surface area (TPSA) is 76.8 Å². The number of amides is 1. The lowest BCUT2D eigenvalue weighted by Crippen LogP contribution is -2.41. The van der Waals surface area contributed by atoms with E-state index in [9.17, 15) is 9.18 Å². The number of carbonyl (C=O) groups is 1. The number of halogens is 1. The Balaban J connectivity index is 1.65. The maximum absolute atomic E-state index is 14.1. The summed E-state index contributed by atoms with van der Waals surface area (Å²) in [6.07, 6.45) is -1.05. The zero-order chi connectivity index (χ0) is 17.1. The minimum Gasteiger partial charge on any atom is -0.441 e. The van der Waals surface area contributed by atoms with E-state index in [1.165, 1.54) is 4.90 Å². The molecule has 2 heterocycles. The molecule has 0 aromatic heterocycles. The number of hydrogen-bond donors (Lipinski definition) is 1. The highest BCUT2D eigenvalue weighted by Crippen LogP contribution is 2.29. The monoisotopic (exact) mass is 333 g/mol. The van der Waals surface area contributed by atoms with E-state index in [-0.39, 0.29) is 25.5 Å². The second-order valence-electron chi connectivity index (χ2n) is 6.19. The Bertz CT molecular complexity index is 631. The Morgan fingerprint density at radius 2 is 2.00 bits per heavy atom. The van der Waals surface area contributed by atoms with Gasteiger partial charge in [0.1, 0.15) is 12.3 Å². The predicted molar refractivity (Wildman–Crippen MR) is 86.6 cm³/mol. The Morgan fingerprint density at radius 1 is 1.29 bits per heavy atom. The quantitative estimate of drug-likeness (QED) is 0.913. The van der Waals surface area contributed by atoms with E-state index in [0.29, 0.717) is 25.2 Å². The van der Waals surface area contributed by atoms with Crippen LogP contribution < -0.4 is 9.80 Å². The molecule has 0 radical (unpaired) electrons. The molecule has 2 saturated heterocycles. The SMILES string of the molecule is N#CCC1CCN(c2ccc(N3CC(CO)OC3=O)cc2)C[C@@H]1F. The molecule has 2 fully saturated rings. The first-order valence-electron chi connectivity index (χ1n) is 8.07. The molecule has 1 aromatic carbocycles. The second kappa shape index (κ2) is 7.05. The van der Waals surface area contributed by atoms with Gasteiger partial charge in [0.2, 0.25) is 0 Å². The number of rotatable bonds is 4. The van der Waals surface area contributed by atoms with Crippen molar-refractivity contribution in [2.24, 2.45) is 5.92 Å². The van der Waals surface area contributed by atoms with Gasteiger partial charge >= 0.3 is 6.09 Å². The maximum Gasteiger partial charge on any atom is 0.414 e. The normalized spacial score (nSPS) is 27.0. The number of nitriles is 1. The number of aliphatic hydroxyl groups is 1. The molecule has 128 valence electrons. The van der Waals surface area contributed by atoms with E-state index in [1.54, 1.807) is 12.1 Å². The first-order valence-corrected chi connectivity index (χ1v) is 8.07. The molecule has 2 unspecified atom stereocenters. The van der Waals surface area contributed by atoms with Gasteiger partial charge < -0.3 is 14.7 Å². The number of piperidine rings is 1. The van der Waals surface area contributed by atoms with Crippen LogP contribution in [0.3, 0.4) is 0 Å². The Hall–Kier alpha value is -2.33. The first-order chi connectivity index (χ1) is 11.6.